The third-order valence-corrected chi connectivity index (χ3v) is 3.36. The third kappa shape index (κ3) is 4.46. The summed E-state index contributed by atoms with van der Waals surface area (Å²) in [5.41, 5.74) is 9.19. The van der Waals surface area contributed by atoms with Crippen LogP contribution in [0.5, 0.6) is 5.75 Å². The first-order chi connectivity index (χ1) is 10.2. The van der Waals surface area contributed by atoms with Crippen LogP contribution in [0, 0.1) is 6.92 Å². The molecule has 4 nitrogen and oxygen atoms in total. The predicted molar refractivity (Wildman–Crippen MR) is 86.7 cm³/mol. The van der Waals surface area contributed by atoms with E-state index >= 15 is 0 Å². The van der Waals surface area contributed by atoms with Gasteiger partial charge in [-0.1, -0.05) is 12.1 Å². The summed E-state index contributed by atoms with van der Waals surface area (Å²) in [6.07, 6.45) is 4.75. The van der Waals surface area contributed by atoms with Gasteiger partial charge in [0.25, 0.3) is 0 Å². The molecule has 1 heterocycles. The molecule has 2 rings (SSSR count). The second kappa shape index (κ2) is 7.64. The maximum atomic E-state index is 5.66. The van der Waals surface area contributed by atoms with Crippen molar-refractivity contribution < 1.29 is 4.74 Å². The van der Waals surface area contributed by atoms with Crippen LogP contribution in [0.2, 0.25) is 0 Å². The van der Waals surface area contributed by atoms with E-state index in [2.05, 4.69) is 35.0 Å². The Hall–Kier alpha value is -2.07. The summed E-state index contributed by atoms with van der Waals surface area (Å²) in [6.45, 7) is 4.48. The van der Waals surface area contributed by atoms with Crippen molar-refractivity contribution in [1.82, 2.24) is 4.98 Å². The van der Waals surface area contributed by atoms with E-state index < -0.39 is 0 Å². The first-order valence-electron chi connectivity index (χ1n) is 7.22. The van der Waals surface area contributed by atoms with E-state index in [1.54, 1.807) is 7.11 Å². The molecular weight excluding hydrogens is 262 g/mol. The summed E-state index contributed by atoms with van der Waals surface area (Å²) in [6, 6.07) is 10.3. The zero-order valence-electron chi connectivity index (χ0n) is 12.7. The number of anilines is 1. The van der Waals surface area contributed by atoms with Crippen LogP contribution < -0.4 is 15.4 Å². The van der Waals surface area contributed by atoms with E-state index in [0.717, 1.165) is 30.9 Å². The van der Waals surface area contributed by atoms with Gasteiger partial charge >= 0.3 is 0 Å². The average Bonchev–Trinajstić information content (AvgIpc) is 2.51. The van der Waals surface area contributed by atoms with E-state index in [1.807, 2.05) is 24.5 Å². The van der Waals surface area contributed by atoms with Crippen molar-refractivity contribution in [2.45, 2.75) is 19.9 Å². The van der Waals surface area contributed by atoms with E-state index in [4.69, 9.17) is 10.5 Å². The quantitative estimate of drug-likeness (QED) is 0.850. The van der Waals surface area contributed by atoms with E-state index in [9.17, 15) is 0 Å². The molecule has 0 fully saturated rings. The molecule has 0 bridgehead atoms. The number of rotatable bonds is 7. The maximum Gasteiger partial charge on any atom is 0.120 e. The van der Waals surface area contributed by atoms with Crippen molar-refractivity contribution in [3.8, 4) is 5.75 Å². The molecule has 0 unspecified atom stereocenters. The van der Waals surface area contributed by atoms with Crippen molar-refractivity contribution in [2.75, 3.05) is 25.1 Å². The molecule has 1 aromatic heterocycles. The minimum Gasteiger partial charge on any atom is -0.497 e. The lowest BCUT2D eigenvalue weighted by atomic mass is 10.2. The Labute approximate surface area is 126 Å². The van der Waals surface area contributed by atoms with Crippen LogP contribution in [0.25, 0.3) is 0 Å². The minimum absolute atomic E-state index is 0.687. The molecule has 1 aromatic carbocycles. The van der Waals surface area contributed by atoms with Gasteiger partial charge in [-0.05, 0) is 43.1 Å². The largest absolute Gasteiger partial charge is 0.497 e. The van der Waals surface area contributed by atoms with E-state index in [-0.39, 0.29) is 0 Å². The summed E-state index contributed by atoms with van der Waals surface area (Å²) < 4.78 is 5.32. The van der Waals surface area contributed by atoms with Gasteiger partial charge in [0.1, 0.15) is 5.75 Å². The Morgan fingerprint density at radius 3 is 2.81 bits per heavy atom. The number of ether oxygens (including phenoxy) is 1. The second-order valence-corrected chi connectivity index (χ2v) is 5.14. The molecule has 21 heavy (non-hydrogen) atoms. The average molecular weight is 285 g/mol. The van der Waals surface area contributed by atoms with Gasteiger partial charge in [0, 0.05) is 37.2 Å². The van der Waals surface area contributed by atoms with Crippen LogP contribution >= 0.6 is 0 Å². The zero-order chi connectivity index (χ0) is 15.1. The first-order valence-corrected chi connectivity index (χ1v) is 7.22. The lowest BCUT2D eigenvalue weighted by Gasteiger charge is -2.25. The predicted octanol–water partition coefficient (Wildman–Crippen LogP) is 2.75. The fraction of sp³-hybridized carbons (Fsp3) is 0.353. The SMILES string of the molecule is COc1cccc(N(CCCN)Cc2cncc(C)c2)c1. The van der Waals surface area contributed by atoms with Crippen molar-refractivity contribution in [2.24, 2.45) is 5.73 Å². The molecule has 0 aliphatic rings. The van der Waals surface area contributed by atoms with Crippen molar-refractivity contribution in [3.63, 3.8) is 0 Å². The van der Waals surface area contributed by atoms with Crippen molar-refractivity contribution in [3.05, 3.63) is 53.9 Å². The molecule has 0 amide bonds. The number of aromatic nitrogens is 1. The van der Waals surface area contributed by atoms with Gasteiger partial charge in [-0.25, -0.2) is 0 Å². The number of hydrogen-bond acceptors (Lipinski definition) is 4. The molecule has 2 N–H and O–H groups in total. The Bertz CT molecular complexity index is 571. The molecule has 112 valence electrons. The summed E-state index contributed by atoms with van der Waals surface area (Å²) in [4.78, 5) is 6.58. The highest BCUT2D eigenvalue weighted by atomic mass is 16.5. The first kappa shape index (κ1) is 15.3. The smallest absolute Gasteiger partial charge is 0.120 e. The summed E-state index contributed by atoms with van der Waals surface area (Å²) >= 11 is 0. The Morgan fingerprint density at radius 2 is 2.10 bits per heavy atom. The fourth-order valence-electron chi connectivity index (χ4n) is 2.31. The van der Waals surface area contributed by atoms with E-state index in [1.165, 1.54) is 11.1 Å². The van der Waals surface area contributed by atoms with Crippen molar-refractivity contribution in [1.29, 1.82) is 0 Å². The van der Waals surface area contributed by atoms with Gasteiger partial charge in [-0.15, -0.1) is 0 Å². The van der Waals surface area contributed by atoms with Gasteiger partial charge in [-0.2, -0.15) is 0 Å². The number of hydrogen-bond donors (Lipinski definition) is 1. The molecule has 0 aliphatic heterocycles. The van der Waals surface area contributed by atoms with Crippen LogP contribution in [-0.4, -0.2) is 25.2 Å². The van der Waals surface area contributed by atoms with Crippen LogP contribution in [0.4, 0.5) is 5.69 Å². The Balaban J connectivity index is 2.20. The molecular formula is C17H23N3O. The third-order valence-electron chi connectivity index (χ3n) is 3.36. The van der Waals surface area contributed by atoms with Crippen LogP contribution in [0.15, 0.2) is 42.7 Å². The van der Waals surface area contributed by atoms with Crippen molar-refractivity contribution >= 4 is 5.69 Å². The molecule has 4 heteroatoms. The van der Waals surface area contributed by atoms with Crippen LogP contribution in [0.1, 0.15) is 17.5 Å². The molecule has 2 aromatic rings. The Morgan fingerprint density at radius 1 is 1.24 bits per heavy atom. The molecule has 0 radical (unpaired) electrons. The highest BCUT2D eigenvalue weighted by molar-refractivity contribution is 5.51. The van der Waals surface area contributed by atoms with Crippen LogP contribution in [-0.2, 0) is 6.54 Å². The monoisotopic (exact) mass is 285 g/mol. The fourth-order valence-corrected chi connectivity index (χ4v) is 2.31. The summed E-state index contributed by atoms with van der Waals surface area (Å²) in [7, 11) is 1.69. The number of methoxy groups -OCH3 is 1. The lowest BCUT2D eigenvalue weighted by Crippen LogP contribution is -2.25. The molecule has 0 saturated heterocycles. The number of nitrogens with zero attached hydrogens (tertiary/aromatic N) is 2. The number of benzene rings is 1. The lowest BCUT2D eigenvalue weighted by molar-refractivity contribution is 0.414. The number of aryl methyl sites for hydroxylation is 1. The molecule has 0 atom stereocenters. The van der Waals surface area contributed by atoms with Gasteiger partial charge in [-0.3, -0.25) is 4.98 Å². The standard InChI is InChI=1S/C17H23N3O/c1-14-9-15(12-19-11-14)13-20(8-4-7-18)16-5-3-6-17(10-16)21-2/h3,5-6,9-12H,4,7-8,13,18H2,1-2H3. The highest BCUT2D eigenvalue weighted by Crippen LogP contribution is 2.23. The van der Waals surface area contributed by atoms with Crippen LogP contribution in [0.3, 0.4) is 0 Å². The number of pyridine rings is 1. The normalized spacial score (nSPS) is 10.4. The summed E-state index contributed by atoms with van der Waals surface area (Å²) in [5, 5.41) is 0. The van der Waals surface area contributed by atoms with Gasteiger partial charge in [0.2, 0.25) is 0 Å². The molecule has 0 aliphatic carbocycles. The van der Waals surface area contributed by atoms with Gasteiger partial charge in [0.05, 0.1) is 7.11 Å². The van der Waals surface area contributed by atoms with E-state index in [0.29, 0.717) is 6.54 Å². The van der Waals surface area contributed by atoms with Gasteiger partial charge in [0.15, 0.2) is 0 Å². The maximum absolute atomic E-state index is 5.66. The summed E-state index contributed by atoms with van der Waals surface area (Å²) in [5.74, 6) is 0.868. The Kier molecular flexibility index (Phi) is 5.58. The number of nitrogens with two attached hydrogens (primary N) is 1. The molecule has 0 saturated carbocycles. The van der Waals surface area contributed by atoms with Gasteiger partial charge < -0.3 is 15.4 Å². The minimum atomic E-state index is 0.687. The second-order valence-electron chi connectivity index (χ2n) is 5.14. The topological polar surface area (TPSA) is 51.4 Å². The highest BCUT2D eigenvalue weighted by Gasteiger charge is 2.08. The molecule has 0 spiro atoms. The zero-order valence-corrected chi connectivity index (χ0v) is 12.7.